The lowest BCUT2D eigenvalue weighted by molar-refractivity contribution is 0.0315. The molecule has 0 aliphatic carbocycles. The Hall–Kier alpha value is -0.550. The zero-order chi connectivity index (χ0) is 10.1. The van der Waals surface area contributed by atoms with Crippen LogP contribution in [0.3, 0.4) is 0 Å². The highest BCUT2D eigenvalue weighted by molar-refractivity contribution is 4.94. The summed E-state index contributed by atoms with van der Waals surface area (Å²) in [6.45, 7) is 10.9. The second-order valence-electron chi connectivity index (χ2n) is 4.96. The van der Waals surface area contributed by atoms with Crippen molar-refractivity contribution in [1.82, 2.24) is 4.90 Å². The summed E-state index contributed by atoms with van der Waals surface area (Å²) in [5.74, 6) is 0.838. The second-order valence-corrected chi connectivity index (χ2v) is 4.96. The molecule has 0 amide bonds. The van der Waals surface area contributed by atoms with Crippen LogP contribution in [0.25, 0.3) is 0 Å². The van der Waals surface area contributed by atoms with Gasteiger partial charge in [0.25, 0.3) is 0 Å². The highest BCUT2D eigenvalue weighted by Gasteiger charge is 2.32. The molecule has 2 atom stereocenters. The summed E-state index contributed by atoms with van der Waals surface area (Å²) in [6.07, 6.45) is 0.987. The average molecular weight is 180 g/mol. The molecule has 0 bridgehead atoms. The van der Waals surface area contributed by atoms with E-state index in [0.29, 0.717) is 0 Å². The van der Waals surface area contributed by atoms with Crippen LogP contribution in [0.15, 0.2) is 0 Å². The molecule has 0 N–H and O–H groups in total. The minimum Gasteiger partial charge on any atom is -0.300 e. The molecule has 0 saturated carbocycles. The molecule has 1 rings (SSSR count). The molecule has 2 heteroatoms. The monoisotopic (exact) mass is 180 g/mol. The number of rotatable bonds is 3. The van der Waals surface area contributed by atoms with Crippen LogP contribution in [-0.2, 0) is 0 Å². The Morgan fingerprint density at radius 2 is 2.08 bits per heavy atom. The number of likely N-dealkylation sites (tertiary alicyclic amines) is 1. The quantitative estimate of drug-likeness (QED) is 0.666. The Labute approximate surface area is 81.5 Å². The largest absolute Gasteiger partial charge is 0.300 e. The maximum absolute atomic E-state index is 8.85. The van der Waals surface area contributed by atoms with Gasteiger partial charge in [-0.1, -0.05) is 6.92 Å². The molecule has 2 nitrogen and oxygen atoms in total. The van der Waals surface area contributed by atoms with E-state index in [4.69, 9.17) is 5.26 Å². The molecular weight excluding hydrogens is 160 g/mol. The third-order valence-electron chi connectivity index (χ3n) is 3.25. The van der Waals surface area contributed by atoms with Crippen molar-refractivity contribution in [2.75, 3.05) is 13.1 Å². The molecular formula is C11H20N2. The number of hydrogen-bond donors (Lipinski definition) is 0. The van der Waals surface area contributed by atoms with E-state index in [2.05, 4.69) is 24.8 Å². The first-order valence-electron chi connectivity index (χ1n) is 5.11. The van der Waals surface area contributed by atoms with Crippen LogP contribution >= 0.6 is 0 Å². The molecule has 0 spiro atoms. The first-order chi connectivity index (χ1) is 5.96. The minimum atomic E-state index is -0.154. The lowest BCUT2D eigenvalue weighted by atomic mass is 9.87. The highest BCUT2D eigenvalue weighted by atomic mass is 15.2. The number of nitriles is 1. The molecule has 74 valence electrons. The van der Waals surface area contributed by atoms with Gasteiger partial charge in [-0.25, -0.2) is 0 Å². The van der Waals surface area contributed by atoms with Crippen molar-refractivity contribution in [3.63, 3.8) is 0 Å². The Kier molecular flexibility index (Phi) is 2.98. The number of nitrogens with zero attached hydrogens (tertiary/aromatic N) is 2. The summed E-state index contributed by atoms with van der Waals surface area (Å²) in [5.41, 5.74) is -0.154. The summed E-state index contributed by atoms with van der Waals surface area (Å²) in [5, 5.41) is 8.85. The van der Waals surface area contributed by atoms with Crippen molar-refractivity contribution in [2.24, 2.45) is 11.3 Å². The lowest BCUT2D eigenvalue weighted by Crippen LogP contribution is -2.53. The van der Waals surface area contributed by atoms with Crippen LogP contribution < -0.4 is 0 Å². The molecule has 0 aromatic carbocycles. The molecule has 1 aliphatic rings. The van der Waals surface area contributed by atoms with Gasteiger partial charge in [-0.2, -0.15) is 5.26 Å². The summed E-state index contributed by atoms with van der Waals surface area (Å²) in [4.78, 5) is 2.46. The van der Waals surface area contributed by atoms with Gasteiger partial charge in [-0.3, -0.25) is 4.90 Å². The maximum atomic E-state index is 8.85. The fourth-order valence-electron chi connectivity index (χ4n) is 1.68. The van der Waals surface area contributed by atoms with Gasteiger partial charge in [0, 0.05) is 12.6 Å². The van der Waals surface area contributed by atoms with E-state index in [-0.39, 0.29) is 5.41 Å². The number of hydrogen-bond acceptors (Lipinski definition) is 2. The maximum Gasteiger partial charge on any atom is 0.0684 e. The first-order valence-corrected chi connectivity index (χ1v) is 5.11. The molecule has 2 unspecified atom stereocenters. The van der Waals surface area contributed by atoms with E-state index < -0.39 is 0 Å². The van der Waals surface area contributed by atoms with Crippen molar-refractivity contribution in [3.8, 4) is 6.07 Å². The van der Waals surface area contributed by atoms with Gasteiger partial charge >= 0.3 is 0 Å². The first kappa shape index (κ1) is 10.5. The van der Waals surface area contributed by atoms with Crippen molar-refractivity contribution in [3.05, 3.63) is 0 Å². The van der Waals surface area contributed by atoms with Crippen molar-refractivity contribution >= 4 is 0 Å². The Bertz CT molecular complexity index is 215. The van der Waals surface area contributed by atoms with E-state index in [1.807, 2.05) is 13.8 Å². The smallest absolute Gasteiger partial charge is 0.0684 e. The Morgan fingerprint density at radius 3 is 2.46 bits per heavy atom. The van der Waals surface area contributed by atoms with Crippen LogP contribution in [0.5, 0.6) is 0 Å². The third kappa shape index (κ3) is 2.45. The predicted octanol–water partition coefficient (Wildman–Crippen LogP) is 2.27. The summed E-state index contributed by atoms with van der Waals surface area (Å²) < 4.78 is 0. The molecule has 13 heavy (non-hydrogen) atoms. The van der Waals surface area contributed by atoms with Gasteiger partial charge in [-0.05, 0) is 39.7 Å². The zero-order valence-corrected chi connectivity index (χ0v) is 9.17. The fourth-order valence-corrected chi connectivity index (χ4v) is 1.68. The van der Waals surface area contributed by atoms with E-state index in [9.17, 15) is 0 Å². The van der Waals surface area contributed by atoms with Crippen LogP contribution in [0.1, 0.15) is 34.1 Å². The van der Waals surface area contributed by atoms with Crippen molar-refractivity contribution < 1.29 is 0 Å². The fraction of sp³-hybridized carbons (Fsp3) is 0.909. The third-order valence-corrected chi connectivity index (χ3v) is 3.25. The van der Waals surface area contributed by atoms with Crippen molar-refractivity contribution in [1.29, 1.82) is 5.26 Å². The molecule has 1 heterocycles. The summed E-state index contributed by atoms with van der Waals surface area (Å²) in [6, 6.07) is 3.06. The lowest BCUT2D eigenvalue weighted by Gasteiger charge is -2.45. The van der Waals surface area contributed by atoms with Gasteiger partial charge < -0.3 is 0 Å². The van der Waals surface area contributed by atoms with Gasteiger partial charge in [0.1, 0.15) is 0 Å². The van der Waals surface area contributed by atoms with Crippen LogP contribution in [0.4, 0.5) is 0 Å². The van der Waals surface area contributed by atoms with Gasteiger partial charge in [0.15, 0.2) is 0 Å². The molecule has 1 saturated heterocycles. The Balaban J connectivity index is 2.26. The van der Waals surface area contributed by atoms with E-state index >= 15 is 0 Å². The normalized spacial score (nSPS) is 29.5. The van der Waals surface area contributed by atoms with E-state index in [0.717, 1.165) is 24.9 Å². The highest BCUT2D eigenvalue weighted by Crippen LogP contribution is 2.27. The topological polar surface area (TPSA) is 27.0 Å². The van der Waals surface area contributed by atoms with E-state index in [1.165, 1.54) is 6.54 Å². The molecule has 0 radical (unpaired) electrons. The van der Waals surface area contributed by atoms with Gasteiger partial charge in [0.2, 0.25) is 0 Å². The van der Waals surface area contributed by atoms with E-state index in [1.54, 1.807) is 0 Å². The molecule has 0 aromatic rings. The molecule has 1 fully saturated rings. The van der Waals surface area contributed by atoms with Gasteiger partial charge in [0.05, 0.1) is 11.5 Å². The second kappa shape index (κ2) is 3.67. The van der Waals surface area contributed by atoms with Crippen LogP contribution in [-0.4, -0.2) is 24.0 Å². The minimum absolute atomic E-state index is 0.154. The summed E-state index contributed by atoms with van der Waals surface area (Å²) in [7, 11) is 0. The standard InChI is InChI=1S/C11H20N2/c1-9-7-13(10(9)2)6-5-11(3,4)8-12/h9-10H,5-7H2,1-4H3. The Morgan fingerprint density at radius 1 is 1.46 bits per heavy atom. The average Bonchev–Trinajstić information content (AvgIpc) is 2.11. The van der Waals surface area contributed by atoms with Crippen LogP contribution in [0.2, 0.25) is 0 Å². The van der Waals surface area contributed by atoms with Gasteiger partial charge in [-0.15, -0.1) is 0 Å². The SMILES string of the molecule is CC1CN(CCC(C)(C)C#N)C1C. The van der Waals surface area contributed by atoms with Crippen LogP contribution in [0, 0.1) is 22.7 Å². The van der Waals surface area contributed by atoms with Crippen molar-refractivity contribution in [2.45, 2.75) is 40.2 Å². The molecule has 0 aromatic heterocycles. The zero-order valence-electron chi connectivity index (χ0n) is 9.17. The summed E-state index contributed by atoms with van der Waals surface area (Å²) >= 11 is 0. The predicted molar refractivity (Wildman–Crippen MR) is 54.2 cm³/mol. The molecule has 1 aliphatic heterocycles.